The van der Waals surface area contributed by atoms with Crippen LogP contribution in [0.25, 0.3) is 17.1 Å². The lowest BCUT2D eigenvalue weighted by molar-refractivity contribution is 0.615. The molecule has 0 saturated heterocycles. The minimum atomic E-state index is -0.322. The van der Waals surface area contributed by atoms with E-state index in [0.717, 1.165) is 0 Å². The molecular weight excluding hydrogens is 293 g/mol. The zero-order valence-corrected chi connectivity index (χ0v) is 11.8. The molecule has 2 N–H and O–H groups in total. The quantitative estimate of drug-likeness (QED) is 0.739. The molecule has 1 heterocycles. The van der Waals surface area contributed by atoms with E-state index in [2.05, 4.69) is 15.5 Å². The third-order valence-corrected chi connectivity index (χ3v) is 3.42. The van der Waals surface area contributed by atoms with Crippen LogP contribution in [0.15, 0.2) is 36.4 Å². The van der Waals surface area contributed by atoms with Crippen molar-refractivity contribution in [3.8, 4) is 17.1 Å². The van der Waals surface area contributed by atoms with Gasteiger partial charge in [0.1, 0.15) is 5.82 Å². The van der Waals surface area contributed by atoms with Crippen LogP contribution in [0.3, 0.4) is 0 Å². The Kier molecular flexibility index (Phi) is 3.31. The van der Waals surface area contributed by atoms with Gasteiger partial charge in [-0.05, 0) is 53.2 Å². The number of nitrogen functional groups attached to an aromatic ring is 1. The SMILES string of the molecule is Cc1ccc(-n2nnnc2-c2ccc(N)cc2Cl)cc1F. The Morgan fingerprint density at radius 1 is 1.19 bits per heavy atom. The van der Waals surface area contributed by atoms with E-state index in [9.17, 15) is 4.39 Å². The van der Waals surface area contributed by atoms with Gasteiger partial charge in [-0.2, -0.15) is 4.68 Å². The summed E-state index contributed by atoms with van der Waals surface area (Å²) in [6.45, 7) is 1.69. The van der Waals surface area contributed by atoms with Gasteiger partial charge in [0.05, 0.1) is 10.7 Å². The van der Waals surface area contributed by atoms with Crippen LogP contribution >= 0.6 is 11.6 Å². The maximum absolute atomic E-state index is 13.7. The van der Waals surface area contributed by atoms with Crippen molar-refractivity contribution in [2.24, 2.45) is 0 Å². The van der Waals surface area contributed by atoms with E-state index in [1.54, 1.807) is 37.3 Å². The number of hydrogen-bond acceptors (Lipinski definition) is 4. The van der Waals surface area contributed by atoms with Gasteiger partial charge in [-0.25, -0.2) is 4.39 Å². The monoisotopic (exact) mass is 303 g/mol. The molecule has 0 aliphatic carbocycles. The fourth-order valence-electron chi connectivity index (χ4n) is 1.96. The molecule has 3 rings (SSSR count). The van der Waals surface area contributed by atoms with Crippen molar-refractivity contribution in [1.82, 2.24) is 20.2 Å². The molecule has 0 aliphatic rings. The van der Waals surface area contributed by atoms with E-state index in [-0.39, 0.29) is 5.82 Å². The summed E-state index contributed by atoms with van der Waals surface area (Å²) in [6, 6.07) is 9.83. The van der Waals surface area contributed by atoms with Crippen LogP contribution in [-0.4, -0.2) is 20.2 Å². The lowest BCUT2D eigenvalue weighted by atomic mass is 10.1. The minimum absolute atomic E-state index is 0.322. The molecule has 0 radical (unpaired) electrons. The summed E-state index contributed by atoms with van der Waals surface area (Å²) >= 11 is 6.17. The van der Waals surface area contributed by atoms with Gasteiger partial charge in [0.15, 0.2) is 5.82 Å². The van der Waals surface area contributed by atoms with E-state index < -0.39 is 0 Å². The molecule has 106 valence electrons. The van der Waals surface area contributed by atoms with Crippen LogP contribution in [0.2, 0.25) is 5.02 Å². The van der Waals surface area contributed by atoms with Gasteiger partial charge >= 0.3 is 0 Å². The molecule has 21 heavy (non-hydrogen) atoms. The molecule has 0 fully saturated rings. The Hall–Kier alpha value is -2.47. The number of halogens is 2. The number of anilines is 1. The minimum Gasteiger partial charge on any atom is -0.399 e. The first kappa shape index (κ1) is 13.5. The Morgan fingerprint density at radius 2 is 2.00 bits per heavy atom. The molecule has 0 bridgehead atoms. The third kappa shape index (κ3) is 2.45. The van der Waals surface area contributed by atoms with E-state index in [1.165, 1.54) is 10.7 Å². The predicted molar refractivity (Wildman–Crippen MR) is 78.7 cm³/mol. The van der Waals surface area contributed by atoms with E-state index in [4.69, 9.17) is 17.3 Å². The van der Waals surface area contributed by atoms with Crippen molar-refractivity contribution in [3.63, 3.8) is 0 Å². The normalized spacial score (nSPS) is 10.8. The fraction of sp³-hybridized carbons (Fsp3) is 0.0714. The van der Waals surface area contributed by atoms with Crippen LogP contribution in [0.1, 0.15) is 5.56 Å². The van der Waals surface area contributed by atoms with Crippen LogP contribution in [0.4, 0.5) is 10.1 Å². The maximum atomic E-state index is 13.7. The van der Waals surface area contributed by atoms with Crippen LogP contribution < -0.4 is 5.73 Å². The van der Waals surface area contributed by atoms with Crippen molar-refractivity contribution in [3.05, 3.63) is 52.8 Å². The molecule has 5 nitrogen and oxygen atoms in total. The molecule has 1 aromatic heterocycles. The first-order valence-electron chi connectivity index (χ1n) is 6.16. The van der Waals surface area contributed by atoms with Gasteiger partial charge in [-0.3, -0.25) is 0 Å². The molecule has 0 unspecified atom stereocenters. The molecule has 7 heteroatoms. The molecule has 0 amide bonds. The molecule has 0 atom stereocenters. The number of aryl methyl sites for hydroxylation is 1. The van der Waals surface area contributed by atoms with Crippen molar-refractivity contribution >= 4 is 17.3 Å². The van der Waals surface area contributed by atoms with Gasteiger partial charge in [0, 0.05) is 11.3 Å². The highest BCUT2D eigenvalue weighted by molar-refractivity contribution is 6.33. The smallest absolute Gasteiger partial charge is 0.188 e. The van der Waals surface area contributed by atoms with Crippen molar-refractivity contribution < 1.29 is 4.39 Å². The van der Waals surface area contributed by atoms with E-state index >= 15 is 0 Å². The summed E-state index contributed by atoms with van der Waals surface area (Å²) in [5, 5.41) is 11.9. The van der Waals surface area contributed by atoms with Gasteiger partial charge in [0.2, 0.25) is 0 Å². The zero-order chi connectivity index (χ0) is 15.0. The third-order valence-electron chi connectivity index (χ3n) is 3.10. The van der Waals surface area contributed by atoms with Crippen LogP contribution in [-0.2, 0) is 0 Å². The van der Waals surface area contributed by atoms with Crippen molar-refractivity contribution in [2.45, 2.75) is 6.92 Å². The maximum Gasteiger partial charge on any atom is 0.188 e. The Morgan fingerprint density at radius 3 is 2.71 bits per heavy atom. The van der Waals surface area contributed by atoms with Gasteiger partial charge in [0.25, 0.3) is 0 Å². The Balaban J connectivity index is 2.14. The molecule has 0 spiro atoms. The molecule has 2 aromatic carbocycles. The van der Waals surface area contributed by atoms with E-state index in [1.807, 2.05) is 0 Å². The standard InChI is InChI=1S/C14H11ClFN5/c1-8-2-4-10(7-13(8)16)21-14(18-19-20-21)11-5-3-9(17)6-12(11)15/h2-7H,17H2,1H3. The average molecular weight is 304 g/mol. The average Bonchev–Trinajstić information content (AvgIpc) is 2.91. The number of nitrogens with zero attached hydrogens (tertiary/aromatic N) is 4. The Bertz CT molecular complexity index is 815. The topological polar surface area (TPSA) is 69.6 Å². The first-order chi connectivity index (χ1) is 10.1. The van der Waals surface area contributed by atoms with Gasteiger partial charge in [-0.1, -0.05) is 17.7 Å². The summed E-state index contributed by atoms with van der Waals surface area (Å²) < 4.78 is 15.1. The van der Waals surface area contributed by atoms with Crippen molar-refractivity contribution in [1.29, 1.82) is 0 Å². The van der Waals surface area contributed by atoms with Gasteiger partial charge < -0.3 is 5.73 Å². The lowest BCUT2D eigenvalue weighted by Gasteiger charge is -2.07. The molecular formula is C14H11ClFN5. The van der Waals surface area contributed by atoms with Crippen LogP contribution in [0.5, 0.6) is 0 Å². The highest BCUT2D eigenvalue weighted by Gasteiger charge is 2.14. The second-order valence-corrected chi connectivity index (χ2v) is 4.99. The molecule has 0 saturated carbocycles. The second-order valence-electron chi connectivity index (χ2n) is 4.59. The second kappa shape index (κ2) is 5.14. The summed E-state index contributed by atoms with van der Waals surface area (Å²) in [6.07, 6.45) is 0. The summed E-state index contributed by atoms with van der Waals surface area (Å²) in [4.78, 5) is 0. The highest BCUT2D eigenvalue weighted by atomic mass is 35.5. The number of rotatable bonds is 2. The number of nitrogens with two attached hydrogens (primary N) is 1. The predicted octanol–water partition coefficient (Wildman–Crippen LogP) is 3.01. The number of hydrogen-bond donors (Lipinski definition) is 1. The summed E-state index contributed by atoms with van der Waals surface area (Å²) in [5.41, 5.74) is 7.92. The number of benzene rings is 2. The largest absolute Gasteiger partial charge is 0.399 e. The number of aromatic nitrogens is 4. The zero-order valence-electron chi connectivity index (χ0n) is 11.1. The van der Waals surface area contributed by atoms with Crippen LogP contribution in [0, 0.1) is 12.7 Å². The lowest BCUT2D eigenvalue weighted by Crippen LogP contribution is -2.01. The summed E-state index contributed by atoms with van der Waals surface area (Å²) in [5.74, 6) is 0.0978. The van der Waals surface area contributed by atoms with Gasteiger partial charge in [-0.15, -0.1) is 5.10 Å². The molecule has 0 aliphatic heterocycles. The Labute approximate surface area is 125 Å². The fourth-order valence-corrected chi connectivity index (χ4v) is 2.23. The summed E-state index contributed by atoms with van der Waals surface area (Å²) in [7, 11) is 0. The number of tetrazole rings is 1. The van der Waals surface area contributed by atoms with Crippen molar-refractivity contribution in [2.75, 3.05) is 5.73 Å². The van der Waals surface area contributed by atoms with E-state index in [0.29, 0.717) is 33.3 Å². The molecule has 3 aromatic rings. The first-order valence-corrected chi connectivity index (χ1v) is 6.54. The highest BCUT2D eigenvalue weighted by Crippen LogP contribution is 2.29.